The first-order valence-corrected chi connectivity index (χ1v) is 8.98. The minimum absolute atomic E-state index is 0.00871. The Hall–Kier alpha value is -1.71. The number of carbonyl (C=O) groups excluding carboxylic acids is 1. The van der Waals surface area contributed by atoms with Crippen LogP contribution in [0.5, 0.6) is 0 Å². The maximum absolute atomic E-state index is 13.6. The molecule has 0 spiro atoms. The highest BCUT2D eigenvalue weighted by molar-refractivity contribution is 5.81. The van der Waals surface area contributed by atoms with Gasteiger partial charge in [0.15, 0.2) is 0 Å². The number of rotatable bonds is 7. The van der Waals surface area contributed by atoms with Gasteiger partial charge in [0.25, 0.3) is 5.60 Å². The van der Waals surface area contributed by atoms with Crippen molar-refractivity contribution in [3.8, 4) is 0 Å². The zero-order valence-corrected chi connectivity index (χ0v) is 16.6. The van der Waals surface area contributed by atoms with Crippen molar-refractivity contribution in [3.63, 3.8) is 0 Å². The Morgan fingerprint density at radius 2 is 1.09 bits per heavy atom. The van der Waals surface area contributed by atoms with E-state index in [-0.39, 0.29) is 6.08 Å². The number of ether oxygens (including phenoxy) is 3. The summed E-state index contributed by atoms with van der Waals surface area (Å²) < 4.78 is 175. The predicted octanol–water partition coefficient (Wildman–Crippen LogP) is 5.87. The molecular formula is C17H18F12O4. The Balaban J connectivity index is 3.47. The van der Waals surface area contributed by atoms with Crippen molar-refractivity contribution in [1.82, 2.24) is 0 Å². The van der Waals surface area contributed by atoms with Crippen LogP contribution in [0, 0.1) is 11.8 Å². The van der Waals surface area contributed by atoms with Crippen LogP contribution in [0.15, 0.2) is 12.7 Å². The summed E-state index contributed by atoms with van der Waals surface area (Å²) in [6.07, 6.45) is -30.6. The molecule has 1 rings (SSSR count). The molecule has 0 aromatic carbocycles. The molecule has 0 heterocycles. The van der Waals surface area contributed by atoms with E-state index in [1.807, 2.05) is 0 Å². The molecule has 4 nitrogen and oxygen atoms in total. The van der Waals surface area contributed by atoms with E-state index >= 15 is 0 Å². The van der Waals surface area contributed by atoms with E-state index in [2.05, 4.69) is 20.8 Å². The van der Waals surface area contributed by atoms with E-state index in [1.165, 1.54) is 0 Å². The quantitative estimate of drug-likeness (QED) is 0.185. The summed E-state index contributed by atoms with van der Waals surface area (Å²) in [5, 5.41) is 0. The van der Waals surface area contributed by atoms with Crippen LogP contribution in [0.25, 0.3) is 0 Å². The summed E-state index contributed by atoms with van der Waals surface area (Å²) in [6, 6.07) is 0. The minimum atomic E-state index is -6.29. The molecule has 0 aromatic heterocycles. The van der Waals surface area contributed by atoms with Crippen molar-refractivity contribution < 1.29 is 71.7 Å². The van der Waals surface area contributed by atoms with E-state index in [0.29, 0.717) is 7.11 Å². The third-order valence-electron chi connectivity index (χ3n) is 5.39. The second-order valence-electron chi connectivity index (χ2n) is 7.19. The number of alkyl halides is 12. The van der Waals surface area contributed by atoms with Gasteiger partial charge < -0.3 is 14.2 Å². The number of esters is 1. The Kier molecular flexibility index (Phi) is 8.44. The minimum Gasteiger partial charge on any atom is -0.436 e. The van der Waals surface area contributed by atoms with Crippen LogP contribution in [0.3, 0.4) is 0 Å². The van der Waals surface area contributed by atoms with Crippen LogP contribution >= 0.6 is 0 Å². The summed E-state index contributed by atoms with van der Waals surface area (Å²) in [7, 11) is 0.712. The molecule has 1 aliphatic rings. The molecule has 0 aliphatic heterocycles. The van der Waals surface area contributed by atoms with Crippen LogP contribution in [0.4, 0.5) is 52.7 Å². The number of hydrogen-bond acceptors (Lipinski definition) is 4. The van der Waals surface area contributed by atoms with Crippen molar-refractivity contribution in [2.45, 2.75) is 61.6 Å². The van der Waals surface area contributed by atoms with Crippen molar-refractivity contribution in [3.05, 3.63) is 12.7 Å². The maximum atomic E-state index is 13.6. The number of carbonyl (C=O) groups is 1. The average Bonchev–Trinajstić information content (AvgIpc) is 2.62. The highest BCUT2D eigenvalue weighted by Crippen LogP contribution is 2.59. The molecule has 0 aromatic rings. The third kappa shape index (κ3) is 5.20. The Bertz CT molecular complexity index is 656. The molecule has 0 bridgehead atoms. The maximum Gasteiger partial charge on any atom is 0.437 e. The van der Waals surface area contributed by atoms with Gasteiger partial charge in [-0.25, -0.2) is 4.79 Å². The van der Waals surface area contributed by atoms with Gasteiger partial charge in [0.05, 0.1) is 0 Å². The Morgan fingerprint density at radius 1 is 0.758 bits per heavy atom. The lowest BCUT2D eigenvalue weighted by Crippen LogP contribution is -2.67. The van der Waals surface area contributed by atoms with Crippen LogP contribution < -0.4 is 0 Å². The lowest BCUT2D eigenvalue weighted by molar-refractivity contribution is -0.414. The first-order chi connectivity index (χ1) is 14.7. The second-order valence-corrected chi connectivity index (χ2v) is 7.19. The fourth-order valence-electron chi connectivity index (χ4n) is 3.99. The molecular weight excluding hydrogens is 496 g/mol. The predicted molar refractivity (Wildman–Crippen MR) is 84.4 cm³/mol. The Morgan fingerprint density at radius 3 is 1.36 bits per heavy atom. The van der Waals surface area contributed by atoms with Gasteiger partial charge in [-0.15, -0.1) is 0 Å². The smallest absolute Gasteiger partial charge is 0.436 e. The zero-order valence-electron chi connectivity index (χ0n) is 16.6. The molecule has 194 valence electrons. The summed E-state index contributed by atoms with van der Waals surface area (Å²) >= 11 is 0. The summed E-state index contributed by atoms with van der Waals surface area (Å²) in [5.74, 6) is -7.45. The van der Waals surface area contributed by atoms with Crippen LogP contribution in [0.2, 0.25) is 0 Å². The standard InChI is InChI=1S/C17H18F12O4/c1-3-11(30)33-13(16(24,25)26,17(27,28)29)10-6-4-9(5-7-10)12(14(18,19)20,15(21,22)23)32-8-31-2/h3,9-10H,1,4-8H2,2H3. The largest absolute Gasteiger partial charge is 0.437 e. The van der Waals surface area contributed by atoms with Gasteiger partial charge in [0, 0.05) is 25.0 Å². The van der Waals surface area contributed by atoms with Crippen LogP contribution in [-0.4, -0.2) is 55.8 Å². The van der Waals surface area contributed by atoms with E-state index in [4.69, 9.17) is 0 Å². The molecule has 16 heteroatoms. The summed E-state index contributed by atoms with van der Waals surface area (Å²) in [6.45, 7) is 1.18. The first-order valence-electron chi connectivity index (χ1n) is 8.98. The van der Waals surface area contributed by atoms with Crippen LogP contribution in [0.1, 0.15) is 25.7 Å². The van der Waals surface area contributed by atoms with Gasteiger partial charge in [-0.2, -0.15) is 52.7 Å². The van der Waals surface area contributed by atoms with Gasteiger partial charge in [0.2, 0.25) is 0 Å². The molecule has 0 unspecified atom stereocenters. The molecule has 0 N–H and O–H groups in total. The van der Waals surface area contributed by atoms with Gasteiger partial charge in [-0.1, -0.05) is 6.58 Å². The van der Waals surface area contributed by atoms with Crippen LogP contribution in [-0.2, 0) is 19.0 Å². The third-order valence-corrected chi connectivity index (χ3v) is 5.39. The van der Waals surface area contributed by atoms with E-state index in [1.54, 1.807) is 0 Å². The highest BCUT2D eigenvalue weighted by atomic mass is 19.4. The van der Waals surface area contributed by atoms with Crippen molar-refractivity contribution >= 4 is 5.97 Å². The molecule has 0 saturated heterocycles. The lowest BCUT2D eigenvalue weighted by atomic mass is 9.67. The molecule has 1 fully saturated rings. The monoisotopic (exact) mass is 514 g/mol. The molecule has 0 amide bonds. The van der Waals surface area contributed by atoms with Gasteiger partial charge in [0.1, 0.15) is 6.79 Å². The normalized spacial score (nSPS) is 21.6. The van der Waals surface area contributed by atoms with E-state index in [0.717, 1.165) is 0 Å². The van der Waals surface area contributed by atoms with E-state index in [9.17, 15) is 57.5 Å². The average molecular weight is 514 g/mol. The summed E-state index contributed by atoms with van der Waals surface area (Å²) in [4.78, 5) is 11.3. The lowest BCUT2D eigenvalue weighted by Gasteiger charge is -2.48. The van der Waals surface area contributed by atoms with Gasteiger partial charge in [-0.3, -0.25) is 0 Å². The fourth-order valence-corrected chi connectivity index (χ4v) is 3.99. The van der Waals surface area contributed by atoms with Crippen molar-refractivity contribution in [1.29, 1.82) is 0 Å². The molecule has 0 radical (unpaired) electrons. The van der Waals surface area contributed by atoms with Crippen molar-refractivity contribution in [2.24, 2.45) is 11.8 Å². The SMILES string of the molecule is C=CC(=O)OC(C1CCC(C(OCOC)(C(F)(F)F)C(F)(F)F)CC1)(C(F)(F)F)C(F)(F)F. The fraction of sp³-hybridized carbons (Fsp3) is 0.824. The topological polar surface area (TPSA) is 44.8 Å². The second kappa shape index (κ2) is 9.50. The van der Waals surface area contributed by atoms with Gasteiger partial charge in [-0.05, 0) is 25.7 Å². The number of halogens is 12. The number of methoxy groups -OCH3 is 1. The first kappa shape index (κ1) is 29.3. The van der Waals surface area contributed by atoms with E-state index < -0.39 is 86.2 Å². The summed E-state index contributed by atoms with van der Waals surface area (Å²) in [5.41, 5.74) is -10.1. The van der Waals surface area contributed by atoms with Crippen molar-refractivity contribution in [2.75, 3.05) is 13.9 Å². The Labute approximate surface area is 178 Å². The highest BCUT2D eigenvalue weighted by Gasteiger charge is 2.79. The van der Waals surface area contributed by atoms with Gasteiger partial charge >= 0.3 is 36.3 Å². The molecule has 33 heavy (non-hydrogen) atoms. The molecule has 0 atom stereocenters. The zero-order chi connectivity index (χ0) is 26.1. The molecule has 1 saturated carbocycles. The molecule has 1 aliphatic carbocycles. The number of hydrogen-bond donors (Lipinski definition) is 0.